The van der Waals surface area contributed by atoms with E-state index >= 15 is 0 Å². The third-order valence-electron chi connectivity index (χ3n) is 6.97. The Labute approximate surface area is 230 Å². The molecule has 2 heterocycles. The standard InChI is InChI=1S/C25H28Cl2F2N4O4S/c1-14(2)31-13-23-32(38(36,37)22-8-6-16(26)10-18(22)27)12-21(30(3)4)25(35)33(23)20(24(31)34)9-15-5-7-17(28)11-19(15)29/h5-8,10-11,14,20-21,23H,9,12-13H2,1-4H3. The predicted molar refractivity (Wildman–Crippen MR) is 139 cm³/mol. The lowest BCUT2D eigenvalue weighted by molar-refractivity contribution is -0.171. The maximum atomic E-state index is 14.7. The van der Waals surface area contributed by atoms with Crippen LogP contribution in [0.5, 0.6) is 0 Å². The molecular formula is C25H28Cl2F2N4O4S. The monoisotopic (exact) mass is 588 g/mol. The van der Waals surface area contributed by atoms with E-state index in [0.717, 1.165) is 6.07 Å². The Morgan fingerprint density at radius 1 is 1.03 bits per heavy atom. The Balaban J connectivity index is 1.86. The van der Waals surface area contributed by atoms with Crippen molar-refractivity contribution in [2.24, 2.45) is 0 Å². The minimum Gasteiger partial charge on any atom is -0.335 e. The Kier molecular flexibility index (Phi) is 8.07. The molecule has 0 N–H and O–H groups in total. The summed E-state index contributed by atoms with van der Waals surface area (Å²) in [5.41, 5.74) is 0.0315. The summed E-state index contributed by atoms with van der Waals surface area (Å²) in [4.78, 5) is 31.5. The minimum absolute atomic E-state index is 0.0315. The molecule has 3 atom stereocenters. The number of piperazine rings is 1. The van der Waals surface area contributed by atoms with Gasteiger partial charge < -0.3 is 9.80 Å². The predicted octanol–water partition coefficient (Wildman–Crippen LogP) is 3.22. The van der Waals surface area contributed by atoms with Crippen LogP contribution < -0.4 is 0 Å². The molecule has 0 saturated carbocycles. The Morgan fingerprint density at radius 2 is 1.71 bits per heavy atom. The topological polar surface area (TPSA) is 81.2 Å². The van der Waals surface area contributed by atoms with Crippen molar-refractivity contribution in [3.8, 4) is 0 Å². The highest BCUT2D eigenvalue weighted by Crippen LogP contribution is 2.35. The van der Waals surface area contributed by atoms with E-state index in [-0.39, 0.29) is 46.1 Å². The SMILES string of the molecule is CC(C)N1CC2N(C(=O)C(N(C)C)CN2S(=O)(=O)c2ccc(Cl)cc2Cl)C(Cc2ccc(F)cc2F)C1=O. The number of likely N-dealkylation sites (N-methyl/N-ethyl adjacent to an activating group) is 1. The Morgan fingerprint density at radius 3 is 2.29 bits per heavy atom. The molecule has 0 spiro atoms. The van der Waals surface area contributed by atoms with Gasteiger partial charge in [0, 0.05) is 30.1 Å². The zero-order valence-corrected chi connectivity index (χ0v) is 23.6. The van der Waals surface area contributed by atoms with Crippen LogP contribution >= 0.6 is 23.2 Å². The van der Waals surface area contributed by atoms with Crippen molar-refractivity contribution >= 4 is 45.0 Å². The molecule has 0 aliphatic carbocycles. The average Bonchev–Trinajstić information content (AvgIpc) is 2.81. The smallest absolute Gasteiger partial charge is 0.246 e. The van der Waals surface area contributed by atoms with Gasteiger partial charge in [0.25, 0.3) is 0 Å². The van der Waals surface area contributed by atoms with Crippen molar-refractivity contribution in [1.82, 2.24) is 19.0 Å². The van der Waals surface area contributed by atoms with Crippen LogP contribution in [0.3, 0.4) is 0 Å². The zero-order chi connectivity index (χ0) is 28.1. The van der Waals surface area contributed by atoms with E-state index in [1.54, 1.807) is 32.8 Å². The van der Waals surface area contributed by atoms with Gasteiger partial charge in [0.05, 0.1) is 11.6 Å². The van der Waals surface area contributed by atoms with Crippen LogP contribution in [0, 0.1) is 11.6 Å². The highest BCUT2D eigenvalue weighted by atomic mass is 35.5. The molecule has 2 aromatic rings. The molecular weight excluding hydrogens is 561 g/mol. The number of hydrogen-bond acceptors (Lipinski definition) is 5. The lowest BCUT2D eigenvalue weighted by Gasteiger charge is -2.54. The van der Waals surface area contributed by atoms with E-state index in [1.807, 2.05) is 0 Å². The summed E-state index contributed by atoms with van der Waals surface area (Å²) in [5, 5.41) is 0.172. The van der Waals surface area contributed by atoms with Gasteiger partial charge in [-0.2, -0.15) is 4.31 Å². The van der Waals surface area contributed by atoms with Crippen LogP contribution in [-0.4, -0.2) is 90.7 Å². The number of sulfonamides is 1. The quantitative estimate of drug-likeness (QED) is 0.517. The first-order valence-corrected chi connectivity index (χ1v) is 14.1. The Hall–Kier alpha value is -2.31. The molecule has 206 valence electrons. The van der Waals surface area contributed by atoms with E-state index in [4.69, 9.17) is 23.2 Å². The summed E-state index contributed by atoms with van der Waals surface area (Å²) < 4.78 is 57.4. The third kappa shape index (κ3) is 5.14. The number of halogens is 4. The van der Waals surface area contributed by atoms with Gasteiger partial charge in [-0.15, -0.1) is 0 Å². The second kappa shape index (κ2) is 10.7. The van der Waals surface area contributed by atoms with Gasteiger partial charge in [0.15, 0.2) is 0 Å². The fourth-order valence-electron chi connectivity index (χ4n) is 4.94. The number of fused-ring (bicyclic) bond motifs is 1. The fraction of sp³-hybridized carbons (Fsp3) is 0.440. The van der Waals surface area contributed by atoms with Gasteiger partial charge in [-0.05, 0) is 57.8 Å². The van der Waals surface area contributed by atoms with Gasteiger partial charge in [0.2, 0.25) is 21.8 Å². The van der Waals surface area contributed by atoms with Gasteiger partial charge in [0.1, 0.15) is 34.8 Å². The summed E-state index contributed by atoms with van der Waals surface area (Å²) in [7, 11) is -1.03. The second-order valence-corrected chi connectivity index (χ2v) is 12.6. The van der Waals surface area contributed by atoms with E-state index in [1.165, 1.54) is 38.4 Å². The van der Waals surface area contributed by atoms with E-state index in [2.05, 4.69) is 0 Å². The van der Waals surface area contributed by atoms with Gasteiger partial charge >= 0.3 is 0 Å². The maximum absolute atomic E-state index is 14.7. The molecule has 2 aliphatic heterocycles. The van der Waals surface area contributed by atoms with Crippen LogP contribution in [0.25, 0.3) is 0 Å². The summed E-state index contributed by atoms with van der Waals surface area (Å²) >= 11 is 12.3. The minimum atomic E-state index is -4.29. The number of benzene rings is 2. The van der Waals surface area contributed by atoms with E-state index in [9.17, 15) is 26.8 Å². The first-order chi connectivity index (χ1) is 17.7. The molecule has 0 bridgehead atoms. The largest absolute Gasteiger partial charge is 0.335 e. The molecule has 2 fully saturated rings. The number of carbonyl (C=O) groups excluding carboxylic acids is 2. The normalized spacial score (nSPS) is 22.9. The van der Waals surface area contributed by atoms with Gasteiger partial charge in [-0.25, -0.2) is 17.2 Å². The highest BCUT2D eigenvalue weighted by Gasteiger charge is 2.54. The fourth-order valence-corrected chi connectivity index (χ4v) is 7.27. The van der Waals surface area contributed by atoms with Crippen molar-refractivity contribution in [3.05, 3.63) is 63.6 Å². The lowest BCUT2D eigenvalue weighted by Crippen LogP contribution is -2.76. The molecule has 2 saturated heterocycles. The third-order valence-corrected chi connectivity index (χ3v) is 9.55. The molecule has 4 rings (SSSR count). The van der Waals surface area contributed by atoms with Crippen LogP contribution in [0.2, 0.25) is 10.0 Å². The van der Waals surface area contributed by atoms with Crippen molar-refractivity contribution in [2.45, 2.75) is 49.5 Å². The van der Waals surface area contributed by atoms with Crippen LogP contribution in [-0.2, 0) is 26.0 Å². The molecule has 0 aromatic heterocycles. The van der Waals surface area contributed by atoms with Crippen molar-refractivity contribution < 1.29 is 26.8 Å². The molecule has 2 aliphatic rings. The number of carbonyl (C=O) groups is 2. The highest BCUT2D eigenvalue weighted by molar-refractivity contribution is 7.89. The maximum Gasteiger partial charge on any atom is 0.246 e. The zero-order valence-electron chi connectivity index (χ0n) is 21.2. The molecule has 13 heteroatoms. The first-order valence-electron chi connectivity index (χ1n) is 11.9. The molecule has 8 nitrogen and oxygen atoms in total. The summed E-state index contributed by atoms with van der Waals surface area (Å²) in [6, 6.07) is 4.54. The van der Waals surface area contributed by atoms with Crippen molar-refractivity contribution in [3.63, 3.8) is 0 Å². The molecule has 38 heavy (non-hydrogen) atoms. The lowest BCUT2D eigenvalue weighted by atomic mass is 9.96. The molecule has 2 amide bonds. The van der Waals surface area contributed by atoms with Gasteiger partial charge in [-0.3, -0.25) is 14.5 Å². The summed E-state index contributed by atoms with van der Waals surface area (Å²) in [5.74, 6) is -2.55. The summed E-state index contributed by atoms with van der Waals surface area (Å²) in [6.07, 6.45) is -1.34. The van der Waals surface area contributed by atoms with Gasteiger partial charge in [-0.1, -0.05) is 29.3 Å². The van der Waals surface area contributed by atoms with Crippen molar-refractivity contribution in [2.75, 3.05) is 27.2 Å². The average molecular weight is 589 g/mol. The second-order valence-electron chi connectivity index (χ2n) is 9.90. The van der Waals surface area contributed by atoms with E-state index in [0.29, 0.717) is 6.07 Å². The van der Waals surface area contributed by atoms with Crippen LogP contribution in [0.1, 0.15) is 19.4 Å². The number of amides is 2. The van der Waals surface area contributed by atoms with E-state index < -0.39 is 51.7 Å². The number of hydrogen-bond donors (Lipinski definition) is 0. The number of rotatable bonds is 6. The van der Waals surface area contributed by atoms with Crippen molar-refractivity contribution in [1.29, 1.82) is 0 Å². The molecule has 2 aromatic carbocycles. The first kappa shape index (κ1) is 28.7. The molecule has 0 radical (unpaired) electrons. The Bertz CT molecular complexity index is 1380. The molecule has 3 unspecified atom stereocenters. The number of nitrogens with zero attached hydrogens (tertiary/aromatic N) is 4. The van der Waals surface area contributed by atoms with Crippen LogP contribution in [0.4, 0.5) is 8.78 Å². The van der Waals surface area contributed by atoms with Crippen LogP contribution in [0.15, 0.2) is 41.3 Å². The summed E-state index contributed by atoms with van der Waals surface area (Å²) in [6.45, 7) is 3.26.